The summed E-state index contributed by atoms with van der Waals surface area (Å²) < 4.78 is 10.3. The fraction of sp³-hybridized carbons (Fsp3) is 0.417. The molecule has 6 nitrogen and oxygen atoms in total. The predicted octanol–water partition coefficient (Wildman–Crippen LogP) is 2.08. The van der Waals surface area contributed by atoms with Gasteiger partial charge in [-0.25, -0.2) is 0 Å². The Morgan fingerprint density at radius 2 is 2.47 bits per heavy atom. The van der Waals surface area contributed by atoms with Crippen LogP contribution in [0.15, 0.2) is 16.0 Å². The molecule has 2 aromatic heterocycles. The highest BCUT2D eigenvalue weighted by Gasteiger charge is 2.25. The molecule has 19 heavy (non-hydrogen) atoms. The number of hydrogen-bond donors (Lipinski definition) is 1. The summed E-state index contributed by atoms with van der Waals surface area (Å²) in [5, 5.41) is 9.29. The van der Waals surface area contributed by atoms with Crippen LogP contribution in [-0.2, 0) is 9.53 Å². The number of carbonyl (C=O) groups is 1. The Morgan fingerprint density at radius 3 is 3.16 bits per heavy atom. The van der Waals surface area contributed by atoms with Gasteiger partial charge in [-0.1, -0.05) is 5.16 Å². The van der Waals surface area contributed by atoms with E-state index in [2.05, 4.69) is 15.5 Å². The van der Waals surface area contributed by atoms with Gasteiger partial charge < -0.3 is 14.6 Å². The van der Waals surface area contributed by atoms with Crippen LogP contribution in [-0.4, -0.2) is 29.3 Å². The van der Waals surface area contributed by atoms with Crippen LogP contribution in [0.1, 0.15) is 12.2 Å². The molecule has 1 N–H and O–H groups in total. The molecule has 0 bridgehead atoms. The molecule has 0 saturated carbocycles. The van der Waals surface area contributed by atoms with E-state index in [1.54, 1.807) is 6.92 Å². The van der Waals surface area contributed by atoms with Gasteiger partial charge in [-0.2, -0.15) is 4.98 Å². The molecule has 1 aliphatic heterocycles. The number of amides is 1. The third-order valence-corrected chi connectivity index (χ3v) is 3.79. The molecule has 1 saturated heterocycles. The van der Waals surface area contributed by atoms with Crippen LogP contribution in [0.4, 0.5) is 5.00 Å². The standard InChI is InChI=1S/C12H13N3O3S/c1-7-13-11(18-15-7)9-3-5-19-12(9)14-10(16)8-2-4-17-6-8/h3,5,8H,2,4,6H2,1H3,(H,14,16). The molecule has 100 valence electrons. The van der Waals surface area contributed by atoms with Crippen LogP contribution < -0.4 is 5.32 Å². The maximum atomic E-state index is 12.1. The van der Waals surface area contributed by atoms with Crippen molar-refractivity contribution < 1.29 is 14.1 Å². The van der Waals surface area contributed by atoms with Crippen LogP contribution >= 0.6 is 11.3 Å². The van der Waals surface area contributed by atoms with Crippen LogP contribution in [0.2, 0.25) is 0 Å². The average Bonchev–Trinajstić information content (AvgIpc) is 3.08. The van der Waals surface area contributed by atoms with Crippen molar-refractivity contribution in [3.05, 3.63) is 17.3 Å². The van der Waals surface area contributed by atoms with Crippen molar-refractivity contribution in [1.29, 1.82) is 0 Å². The first kappa shape index (κ1) is 12.3. The van der Waals surface area contributed by atoms with Crippen molar-refractivity contribution in [3.8, 4) is 11.5 Å². The molecule has 1 aliphatic rings. The maximum Gasteiger partial charge on any atom is 0.260 e. The highest BCUT2D eigenvalue weighted by molar-refractivity contribution is 7.15. The van der Waals surface area contributed by atoms with E-state index in [4.69, 9.17) is 9.26 Å². The molecule has 0 aliphatic carbocycles. The zero-order chi connectivity index (χ0) is 13.2. The Kier molecular flexibility index (Phi) is 3.31. The van der Waals surface area contributed by atoms with Gasteiger partial charge in [-0.3, -0.25) is 4.79 Å². The van der Waals surface area contributed by atoms with Gasteiger partial charge in [0.05, 0.1) is 18.1 Å². The van der Waals surface area contributed by atoms with E-state index in [1.807, 2.05) is 11.4 Å². The molecule has 0 aromatic carbocycles. The van der Waals surface area contributed by atoms with Gasteiger partial charge in [-0.05, 0) is 24.8 Å². The summed E-state index contributed by atoms with van der Waals surface area (Å²) in [4.78, 5) is 16.2. The first-order valence-electron chi connectivity index (χ1n) is 6.01. The number of aryl methyl sites for hydroxylation is 1. The van der Waals surface area contributed by atoms with Crippen LogP contribution in [0, 0.1) is 12.8 Å². The zero-order valence-electron chi connectivity index (χ0n) is 10.4. The lowest BCUT2D eigenvalue weighted by Crippen LogP contribution is -2.22. The van der Waals surface area contributed by atoms with E-state index < -0.39 is 0 Å². The Labute approximate surface area is 113 Å². The van der Waals surface area contributed by atoms with Gasteiger partial charge in [0.15, 0.2) is 5.82 Å². The number of thiophene rings is 1. The van der Waals surface area contributed by atoms with Gasteiger partial charge in [0.2, 0.25) is 5.91 Å². The fourth-order valence-electron chi connectivity index (χ4n) is 1.94. The number of anilines is 1. The lowest BCUT2D eigenvalue weighted by Gasteiger charge is -2.08. The summed E-state index contributed by atoms with van der Waals surface area (Å²) in [5.74, 6) is 0.913. The Bertz CT molecular complexity index is 587. The number of ether oxygens (including phenoxy) is 1. The van der Waals surface area contributed by atoms with Crippen molar-refractivity contribution >= 4 is 22.2 Å². The van der Waals surface area contributed by atoms with Crippen LogP contribution in [0.3, 0.4) is 0 Å². The van der Waals surface area contributed by atoms with Crippen LogP contribution in [0.5, 0.6) is 0 Å². The van der Waals surface area contributed by atoms with Gasteiger partial charge in [0.25, 0.3) is 5.89 Å². The third-order valence-electron chi connectivity index (χ3n) is 2.96. The lowest BCUT2D eigenvalue weighted by molar-refractivity contribution is -0.119. The zero-order valence-corrected chi connectivity index (χ0v) is 11.2. The Hall–Kier alpha value is -1.73. The molecule has 0 radical (unpaired) electrons. The third kappa shape index (κ3) is 2.52. The quantitative estimate of drug-likeness (QED) is 0.930. The van der Waals surface area contributed by atoms with Crippen LogP contribution in [0.25, 0.3) is 11.5 Å². The first-order chi connectivity index (χ1) is 9.24. The van der Waals surface area contributed by atoms with Crippen molar-refractivity contribution in [1.82, 2.24) is 10.1 Å². The molecule has 7 heteroatoms. The smallest absolute Gasteiger partial charge is 0.260 e. The minimum absolute atomic E-state index is 0.0163. The minimum atomic E-state index is -0.0700. The monoisotopic (exact) mass is 279 g/mol. The van der Waals surface area contributed by atoms with E-state index in [-0.39, 0.29) is 11.8 Å². The number of carbonyl (C=O) groups excluding carboxylic acids is 1. The van der Waals surface area contributed by atoms with E-state index in [1.165, 1.54) is 11.3 Å². The summed E-state index contributed by atoms with van der Waals surface area (Å²) in [7, 11) is 0. The van der Waals surface area contributed by atoms with Crippen molar-refractivity contribution in [3.63, 3.8) is 0 Å². The molecule has 3 heterocycles. The first-order valence-corrected chi connectivity index (χ1v) is 6.89. The van der Waals surface area contributed by atoms with E-state index in [0.29, 0.717) is 24.9 Å². The van der Waals surface area contributed by atoms with E-state index >= 15 is 0 Å². The lowest BCUT2D eigenvalue weighted by atomic mass is 10.1. The molecule has 2 aromatic rings. The topological polar surface area (TPSA) is 77.2 Å². The molecule has 1 atom stereocenters. The molecule has 3 rings (SSSR count). The summed E-state index contributed by atoms with van der Waals surface area (Å²) in [6.45, 7) is 2.90. The molecule has 0 spiro atoms. The molecule has 1 fully saturated rings. The van der Waals surface area contributed by atoms with Crippen molar-refractivity contribution in [2.75, 3.05) is 18.5 Å². The van der Waals surface area contributed by atoms with Gasteiger partial charge >= 0.3 is 0 Å². The Morgan fingerprint density at radius 1 is 1.58 bits per heavy atom. The normalized spacial score (nSPS) is 18.7. The summed E-state index contributed by atoms with van der Waals surface area (Å²) in [6.07, 6.45) is 0.770. The minimum Gasteiger partial charge on any atom is -0.381 e. The molecular weight excluding hydrogens is 266 g/mol. The average molecular weight is 279 g/mol. The molecule has 1 unspecified atom stereocenters. The van der Waals surface area contributed by atoms with Gasteiger partial charge in [-0.15, -0.1) is 11.3 Å². The van der Waals surface area contributed by atoms with Crippen molar-refractivity contribution in [2.24, 2.45) is 5.92 Å². The Balaban J connectivity index is 1.78. The number of aromatic nitrogens is 2. The summed E-state index contributed by atoms with van der Waals surface area (Å²) in [6, 6.07) is 1.86. The number of nitrogens with zero attached hydrogens (tertiary/aromatic N) is 2. The fourth-order valence-corrected chi connectivity index (χ4v) is 2.72. The highest BCUT2D eigenvalue weighted by atomic mass is 32.1. The second-order valence-corrected chi connectivity index (χ2v) is 5.28. The second kappa shape index (κ2) is 5.10. The van der Waals surface area contributed by atoms with E-state index in [9.17, 15) is 4.79 Å². The predicted molar refractivity (Wildman–Crippen MR) is 69.9 cm³/mol. The maximum absolute atomic E-state index is 12.1. The highest BCUT2D eigenvalue weighted by Crippen LogP contribution is 2.32. The second-order valence-electron chi connectivity index (χ2n) is 4.36. The van der Waals surface area contributed by atoms with Gasteiger partial charge in [0, 0.05) is 6.61 Å². The number of rotatable bonds is 3. The largest absolute Gasteiger partial charge is 0.381 e. The molecular formula is C12H13N3O3S. The summed E-state index contributed by atoms with van der Waals surface area (Å²) >= 11 is 1.44. The number of nitrogens with one attached hydrogen (secondary N) is 1. The SMILES string of the molecule is Cc1noc(-c2ccsc2NC(=O)C2CCOC2)n1. The van der Waals surface area contributed by atoms with E-state index in [0.717, 1.165) is 17.0 Å². The van der Waals surface area contributed by atoms with Gasteiger partial charge in [0.1, 0.15) is 5.00 Å². The summed E-state index contributed by atoms with van der Waals surface area (Å²) in [5.41, 5.74) is 0.762. The number of hydrogen-bond acceptors (Lipinski definition) is 6. The van der Waals surface area contributed by atoms with Crippen molar-refractivity contribution in [2.45, 2.75) is 13.3 Å². The molecule has 1 amide bonds.